The minimum absolute atomic E-state index is 0.0457. The van der Waals surface area contributed by atoms with Gasteiger partial charge < -0.3 is 15.3 Å². The van der Waals surface area contributed by atoms with Crippen LogP contribution in [-0.2, 0) is 0 Å². The summed E-state index contributed by atoms with van der Waals surface area (Å²) in [7, 11) is 1.65. The van der Waals surface area contributed by atoms with Gasteiger partial charge >= 0.3 is 6.03 Å². The molecule has 0 unspecified atom stereocenters. The van der Waals surface area contributed by atoms with Crippen LogP contribution in [-0.4, -0.2) is 36.2 Å². The molecule has 0 atom stereocenters. The molecule has 0 aliphatic heterocycles. The molecule has 0 heterocycles. The fourth-order valence-electron chi connectivity index (χ4n) is 2.15. The van der Waals surface area contributed by atoms with Crippen LogP contribution in [0.2, 0.25) is 0 Å². The maximum absolute atomic E-state index is 11.9. The third kappa shape index (κ3) is 3.83. The lowest BCUT2D eigenvalue weighted by Gasteiger charge is -2.17. The van der Waals surface area contributed by atoms with E-state index in [0.717, 1.165) is 22.4 Å². The van der Waals surface area contributed by atoms with Gasteiger partial charge in [-0.2, -0.15) is 0 Å². The van der Waals surface area contributed by atoms with Gasteiger partial charge in [0.2, 0.25) is 0 Å². The van der Waals surface area contributed by atoms with E-state index in [1.54, 1.807) is 7.05 Å². The van der Waals surface area contributed by atoms with E-state index in [0.29, 0.717) is 6.54 Å². The smallest absolute Gasteiger partial charge is 0.321 e. The van der Waals surface area contributed by atoms with Gasteiger partial charge in [-0.1, -0.05) is 36.4 Å². The molecular weight excluding hydrogens is 264 g/mol. The molecule has 0 fully saturated rings. The van der Waals surface area contributed by atoms with Gasteiger partial charge in [0, 0.05) is 19.3 Å². The molecule has 21 heavy (non-hydrogen) atoms. The minimum atomic E-state index is -0.226. The summed E-state index contributed by atoms with van der Waals surface area (Å²) in [4.78, 5) is 13.3. The Labute approximate surface area is 125 Å². The second-order valence-electron chi connectivity index (χ2n) is 4.97. The normalized spacial score (nSPS) is 10.2. The molecule has 0 radical (unpaired) electrons. The van der Waals surface area contributed by atoms with Gasteiger partial charge in [-0.05, 0) is 35.7 Å². The van der Waals surface area contributed by atoms with Gasteiger partial charge in [0.25, 0.3) is 0 Å². The predicted molar refractivity (Wildman–Crippen MR) is 85.3 cm³/mol. The summed E-state index contributed by atoms with van der Waals surface area (Å²) in [5.41, 5.74) is 4.16. The monoisotopic (exact) mass is 284 g/mol. The summed E-state index contributed by atoms with van der Waals surface area (Å²) in [6.45, 7) is 2.29. The molecule has 4 nitrogen and oxygen atoms in total. The fraction of sp³-hybridized carbons (Fsp3) is 0.235. The Bertz CT molecular complexity index is 611. The van der Waals surface area contributed by atoms with Crippen molar-refractivity contribution in [1.29, 1.82) is 0 Å². The Balaban J connectivity index is 2.14. The molecule has 2 amide bonds. The number of urea groups is 1. The quantitative estimate of drug-likeness (QED) is 0.906. The lowest BCUT2D eigenvalue weighted by atomic mass is 10.0. The number of aliphatic hydroxyl groups is 1. The molecule has 0 aliphatic carbocycles. The Morgan fingerprint density at radius 1 is 1.19 bits per heavy atom. The van der Waals surface area contributed by atoms with E-state index < -0.39 is 0 Å². The van der Waals surface area contributed by atoms with Gasteiger partial charge in [-0.3, -0.25) is 0 Å². The van der Waals surface area contributed by atoms with Gasteiger partial charge in [-0.15, -0.1) is 0 Å². The highest BCUT2D eigenvalue weighted by atomic mass is 16.3. The largest absolute Gasteiger partial charge is 0.395 e. The third-order valence-corrected chi connectivity index (χ3v) is 3.34. The topological polar surface area (TPSA) is 52.6 Å². The van der Waals surface area contributed by atoms with Crippen LogP contribution in [0.4, 0.5) is 10.5 Å². The standard InChI is InChI=1S/C17H20N2O2/c1-13-12-15(18-17(21)19(2)10-11-20)8-9-16(13)14-6-4-3-5-7-14/h3-9,12,20H,10-11H2,1-2H3,(H,18,21). The van der Waals surface area contributed by atoms with E-state index in [9.17, 15) is 4.79 Å². The van der Waals surface area contributed by atoms with Gasteiger partial charge in [0.05, 0.1) is 6.61 Å². The highest BCUT2D eigenvalue weighted by molar-refractivity contribution is 5.89. The first-order valence-electron chi connectivity index (χ1n) is 6.91. The van der Waals surface area contributed by atoms with E-state index in [4.69, 9.17) is 5.11 Å². The Morgan fingerprint density at radius 2 is 1.90 bits per heavy atom. The average Bonchev–Trinajstić information content (AvgIpc) is 2.48. The van der Waals surface area contributed by atoms with Crippen LogP contribution in [0.1, 0.15) is 5.56 Å². The summed E-state index contributed by atoms with van der Waals surface area (Å²) in [6.07, 6.45) is 0. The van der Waals surface area contributed by atoms with Crippen LogP contribution in [0.25, 0.3) is 11.1 Å². The molecule has 2 N–H and O–H groups in total. The number of aryl methyl sites for hydroxylation is 1. The highest BCUT2D eigenvalue weighted by Gasteiger charge is 2.09. The van der Waals surface area contributed by atoms with Crippen molar-refractivity contribution in [2.45, 2.75) is 6.92 Å². The second-order valence-corrected chi connectivity index (χ2v) is 4.97. The summed E-state index contributed by atoms with van der Waals surface area (Å²) in [5, 5.41) is 11.7. The molecule has 2 aromatic rings. The first kappa shape index (κ1) is 15.1. The zero-order valence-corrected chi connectivity index (χ0v) is 12.3. The van der Waals surface area contributed by atoms with Crippen LogP contribution in [0.3, 0.4) is 0 Å². The van der Waals surface area contributed by atoms with Crippen molar-refractivity contribution in [3.05, 3.63) is 54.1 Å². The van der Waals surface area contributed by atoms with Crippen molar-refractivity contribution in [3.63, 3.8) is 0 Å². The van der Waals surface area contributed by atoms with Crippen molar-refractivity contribution in [2.75, 3.05) is 25.5 Å². The number of hydrogen-bond donors (Lipinski definition) is 2. The number of anilines is 1. The molecule has 4 heteroatoms. The lowest BCUT2D eigenvalue weighted by Crippen LogP contribution is -2.33. The third-order valence-electron chi connectivity index (χ3n) is 3.34. The maximum Gasteiger partial charge on any atom is 0.321 e. The first-order valence-corrected chi connectivity index (χ1v) is 6.91. The molecule has 2 aromatic carbocycles. The van der Waals surface area contributed by atoms with Crippen molar-refractivity contribution < 1.29 is 9.90 Å². The molecular formula is C17H20N2O2. The SMILES string of the molecule is Cc1cc(NC(=O)N(C)CCO)ccc1-c1ccccc1. The van der Waals surface area contributed by atoms with Gasteiger partial charge in [0.1, 0.15) is 0 Å². The molecule has 2 rings (SSSR count). The molecule has 0 bridgehead atoms. The van der Waals surface area contributed by atoms with Crippen LogP contribution < -0.4 is 5.32 Å². The Morgan fingerprint density at radius 3 is 2.52 bits per heavy atom. The Hall–Kier alpha value is -2.33. The molecule has 0 saturated heterocycles. The van der Waals surface area contributed by atoms with E-state index in [1.165, 1.54) is 4.90 Å². The van der Waals surface area contributed by atoms with Gasteiger partial charge in [-0.25, -0.2) is 4.79 Å². The molecule has 0 aliphatic rings. The van der Waals surface area contributed by atoms with Crippen molar-refractivity contribution in [2.24, 2.45) is 0 Å². The van der Waals surface area contributed by atoms with E-state index >= 15 is 0 Å². The Kier molecular flexibility index (Phi) is 4.95. The zero-order valence-electron chi connectivity index (χ0n) is 12.3. The van der Waals surface area contributed by atoms with Crippen LogP contribution in [0.5, 0.6) is 0 Å². The molecule has 0 saturated carbocycles. The maximum atomic E-state index is 11.9. The fourth-order valence-corrected chi connectivity index (χ4v) is 2.15. The van der Waals surface area contributed by atoms with Crippen LogP contribution in [0.15, 0.2) is 48.5 Å². The van der Waals surface area contributed by atoms with E-state index in [1.807, 2.05) is 43.3 Å². The number of hydrogen-bond acceptors (Lipinski definition) is 2. The average molecular weight is 284 g/mol. The molecule has 110 valence electrons. The summed E-state index contributed by atoms with van der Waals surface area (Å²) in [6, 6.07) is 15.8. The zero-order chi connectivity index (χ0) is 15.2. The summed E-state index contributed by atoms with van der Waals surface area (Å²) >= 11 is 0. The number of likely N-dealkylation sites (N-methyl/N-ethyl adjacent to an activating group) is 1. The number of carbonyl (C=O) groups excluding carboxylic acids is 1. The van der Waals surface area contributed by atoms with Crippen LogP contribution >= 0.6 is 0 Å². The summed E-state index contributed by atoms with van der Waals surface area (Å²) in [5.74, 6) is 0. The van der Waals surface area contributed by atoms with Crippen molar-refractivity contribution in [3.8, 4) is 11.1 Å². The lowest BCUT2D eigenvalue weighted by molar-refractivity contribution is 0.202. The van der Waals surface area contributed by atoms with E-state index in [-0.39, 0.29) is 12.6 Å². The van der Waals surface area contributed by atoms with E-state index in [2.05, 4.69) is 17.4 Å². The predicted octanol–water partition coefficient (Wildman–Crippen LogP) is 3.12. The number of amides is 2. The highest BCUT2D eigenvalue weighted by Crippen LogP contribution is 2.25. The van der Waals surface area contributed by atoms with Gasteiger partial charge in [0.15, 0.2) is 0 Å². The van der Waals surface area contributed by atoms with Crippen LogP contribution in [0, 0.1) is 6.92 Å². The van der Waals surface area contributed by atoms with Crippen molar-refractivity contribution in [1.82, 2.24) is 4.90 Å². The minimum Gasteiger partial charge on any atom is -0.395 e. The first-order chi connectivity index (χ1) is 10.1. The summed E-state index contributed by atoms with van der Waals surface area (Å²) < 4.78 is 0. The van der Waals surface area contributed by atoms with Crippen molar-refractivity contribution >= 4 is 11.7 Å². The number of carbonyl (C=O) groups is 1. The molecule has 0 aromatic heterocycles. The number of rotatable bonds is 4. The number of benzene rings is 2. The molecule has 0 spiro atoms. The number of nitrogens with zero attached hydrogens (tertiary/aromatic N) is 1. The number of nitrogens with one attached hydrogen (secondary N) is 1. The second kappa shape index (κ2) is 6.90. The number of aliphatic hydroxyl groups excluding tert-OH is 1.